The number of rotatable bonds is 2. The van der Waals surface area contributed by atoms with Crippen molar-refractivity contribution in [3.63, 3.8) is 0 Å². The molecule has 0 aliphatic carbocycles. The van der Waals surface area contributed by atoms with E-state index in [0.29, 0.717) is 0 Å². The Morgan fingerprint density at radius 3 is 2.56 bits per heavy atom. The Morgan fingerprint density at radius 1 is 1.06 bits per heavy atom. The maximum absolute atomic E-state index is 13.5. The van der Waals surface area contributed by atoms with Gasteiger partial charge < -0.3 is 5.32 Å². The van der Waals surface area contributed by atoms with Gasteiger partial charge in [0.2, 0.25) is 5.95 Å². The van der Waals surface area contributed by atoms with Crippen molar-refractivity contribution < 1.29 is 8.78 Å². The summed E-state index contributed by atoms with van der Waals surface area (Å²) in [4.78, 5) is 3.55. The summed E-state index contributed by atoms with van der Waals surface area (Å²) in [7, 11) is 0. The standard InChI is InChI=1S/C11H7ClF2N2/c12-7-3-1-4-8(11(7)14)15-10-6-2-5-9(13)16-10/h1-6H,(H,15,16). The van der Waals surface area contributed by atoms with Crippen molar-refractivity contribution in [1.29, 1.82) is 0 Å². The van der Waals surface area contributed by atoms with Gasteiger partial charge in [-0.05, 0) is 24.3 Å². The van der Waals surface area contributed by atoms with E-state index in [-0.39, 0.29) is 16.5 Å². The fourth-order valence-corrected chi connectivity index (χ4v) is 1.39. The van der Waals surface area contributed by atoms with Crippen LogP contribution in [0.5, 0.6) is 0 Å². The highest BCUT2D eigenvalue weighted by atomic mass is 35.5. The zero-order chi connectivity index (χ0) is 11.5. The predicted molar refractivity (Wildman–Crippen MR) is 58.9 cm³/mol. The summed E-state index contributed by atoms with van der Waals surface area (Å²) in [6.45, 7) is 0. The number of pyridine rings is 1. The molecule has 1 aromatic heterocycles. The first kappa shape index (κ1) is 10.8. The van der Waals surface area contributed by atoms with Gasteiger partial charge in [0.05, 0.1) is 10.7 Å². The van der Waals surface area contributed by atoms with Crippen LogP contribution in [0.2, 0.25) is 5.02 Å². The molecule has 0 atom stereocenters. The number of hydrogen-bond acceptors (Lipinski definition) is 2. The molecule has 0 amide bonds. The number of benzene rings is 1. The minimum Gasteiger partial charge on any atom is -0.338 e. The molecule has 82 valence electrons. The highest BCUT2D eigenvalue weighted by Crippen LogP contribution is 2.24. The predicted octanol–water partition coefficient (Wildman–Crippen LogP) is 3.76. The molecular weight excluding hydrogens is 234 g/mol. The van der Waals surface area contributed by atoms with Gasteiger partial charge in [0.25, 0.3) is 0 Å². The molecule has 1 N–H and O–H groups in total. The molecule has 0 unspecified atom stereocenters. The zero-order valence-electron chi connectivity index (χ0n) is 8.05. The van der Waals surface area contributed by atoms with E-state index in [0.717, 1.165) is 0 Å². The van der Waals surface area contributed by atoms with Crippen molar-refractivity contribution in [3.05, 3.63) is 53.2 Å². The van der Waals surface area contributed by atoms with Gasteiger partial charge in [-0.2, -0.15) is 4.39 Å². The van der Waals surface area contributed by atoms with E-state index in [1.807, 2.05) is 0 Å². The van der Waals surface area contributed by atoms with E-state index in [9.17, 15) is 8.78 Å². The Hall–Kier alpha value is -1.68. The maximum Gasteiger partial charge on any atom is 0.214 e. The topological polar surface area (TPSA) is 24.9 Å². The van der Waals surface area contributed by atoms with E-state index >= 15 is 0 Å². The Morgan fingerprint density at radius 2 is 1.81 bits per heavy atom. The van der Waals surface area contributed by atoms with E-state index in [2.05, 4.69) is 10.3 Å². The Kier molecular flexibility index (Phi) is 3.01. The number of nitrogens with zero attached hydrogens (tertiary/aromatic N) is 1. The second kappa shape index (κ2) is 4.45. The van der Waals surface area contributed by atoms with Crippen molar-refractivity contribution in [2.75, 3.05) is 5.32 Å². The van der Waals surface area contributed by atoms with Gasteiger partial charge in [-0.3, -0.25) is 0 Å². The molecule has 2 nitrogen and oxygen atoms in total. The van der Waals surface area contributed by atoms with E-state index < -0.39 is 11.8 Å². The molecule has 0 spiro atoms. The molecule has 2 aromatic rings. The van der Waals surface area contributed by atoms with Crippen LogP contribution in [0.1, 0.15) is 0 Å². The van der Waals surface area contributed by atoms with Gasteiger partial charge in [0.1, 0.15) is 5.82 Å². The minimum absolute atomic E-state index is 0.00130. The quantitative estimate of drug-likeness (QED) is 0.809. The second-order valence-electron chi connectivity index (χ2n) is 3.07. The van der Waals surface area contributed by atoms with E-state index in [1.54, 1.807) is 6.07 Å². The molecule has 1 aromatic carbocycles. The first-order chi connectivity index (χ1) is 7.66. The third-order valence-electron chi connectivity index (χ3n) is 1.93. The van der Waals surface area contributed by atoms with Crippen LogP contribution in [0.4, 0.5) is 20.3 Å². The normalized spacial score (nSPS) is 10.2. The maximum atomic E-state index is 13.5. The summed E-state index contributed by atoms with van der Waals surface area (Å²) < 4.78 is 26.3. The van der Waals surface area contributed by atoms with Gasteiger partial charge in [-0.25, -0.2) is 9.37 Å². The van der Waals surface area contributed by atoms with E-state index in [1.165, 1.54) is 30.3 Å². The molecule has 0 saturated carbocycles. The average Bonchev–Trinajstić information content (AvgIpc) is 2.25. The summed E-state index contributed by atoms with van der Waals surface area (Å²) in [6.07, 6.45) is 0. The first-order valence-corrected chi connectivity index (χ1v) is 4.88. The molecule has 2 rings (SSSR count). The lowest BCUT2D eigenvalue weighted by molar-refractivity contribution is 0.585. The molecule has 1 heterocycles. The lowest BCUT2D eigenvalue weighted by Crippen LogP contribution is -1.97. The highest BCUT2D eigenvalue weighted by molar-refractivity contribution is 6.31. The lowest BCUT2D eigenvalue weighted by Gasteiger charge is -2.07. The summed E-state index contributed by atoms with van der Waals surface area (Å²) in [5.74, 6) is -0.996. The molecule has 0 aliphatic heterocycles. The summed E-state index contributed by atoms with van der Waals surface area (Å²) in [5.41, 5.74) is 0.158. The van der Waals surface area contributed by atoms with E-state index in [4.69, 9.17) is 11.6 Å². The molecule has 0 bridgehead atoms. The van der Waals surface area contributed by atoms with Crippen molar-refractivity contribution in [3.8, 4) is 0 Å². The molecule has 0 fully saturated rings. The van der Waals surface area contributed by atoms with Crippen LogP contribution in [0.3, 0.4) is 0 Å². The fourth-order valence-electron chi connectivity index (χ4n) is 1.22. The van der Waals surface area contributed by atoms with Crippen molar-refractivity contribution in [1.82, 2.24) is 4.98 Å². The highest BCUT2D eigenvalue weighted by Gasteiger charge is 2.06. The van der Waals surface area contributed by atoms with Crippen LogP contribution < -0.4 is 5.32 Å². The van der Waals surface area contributed by atoms with Crippen LogP contribution in [0, 0.1) is 11.8 Å². The number of hydrogen-bond donors (Lipinski definition) is 1. The average molecular weight is 241 g/mol. The SMILES string of the molecule is Fc1cccc(Nc2cccc(Cl)c2F)n1. The molecule has 5 heteroatoms. The van der Waals surface area contributed by atoms with Crippen LogP contribution in [0.25, 0.3) is 0 Å². The van der Waals surface area contributed by atoms with Gasteiger partial charge in [-0.1, -0.05) is 23.7 Å². The lowest BCUT2D eigenvalue weighted by atomic mass is 10.3. The zero-order valence-corrected chi connectivity index (χ0v) is 8.80. The van der Waals surface area contributed by atoms with Crippen LogP contribution in [0.15, 0.2) is 36.4 Å². The van der Waals surface area contributed by atoms with Crippen molar-refractivity contribution >= 4 is 23.1 Å². The van der Waals surface area contributed by atoms with Crippen LogP contribution in [-0.4, -0.2) is 4.98 Å². The van der Waals surface area contributed by atoms with Gasteiger partial charge in [-0.15, -0.1) is 0 Å². The van der Waals surface area contributed by atoms with Crippen LogP contribution in [-0.2, 0) is 0 Å². The largest absolute Gasteiger partial charge is 0.338 e. The first-order valence-electron chi connectivity index (χ1n) is 4.50. The fraction of sp³-hybridized carbons (Fsp3) is 0. The van der Waals surface area contributed by atoms with Crippen LogP contribution >= 0.6 is 11.6 Å². The number of nitrogens with one attached hydrogen (secondary N) is 1. The molecule has 0 radical (unpaired) electrons. The third kappa shape index (κ3) is 2.28. The van der Waals surface area contributed by atoms with Gasteiger partial charge >= 0.3 is 0 Å². The molecule has 0 aliphatic rings. The number of anilines is 2. The second-order valence-corrected chi connectivity index (χ2v) is 3.48. The monoisotopic (exact) mass is 240 g/mol. The Balaban J connectivity index is 2.31. The molecular formula is C11H7ClF2N2. The summed E-state index contributed by atoms with van der Waals surface area (Å²) >= 11 is 5.60. The third-order valence-corrected chi connectivity index (χ3v) is 2.22. The smallest absolute Gasteiger partial charge is 0.214 e. The van der Waals surface area contributed by atoms with Crippen molar-refractivity contribution in [2.45, 2.75) is 0 Å². The van der Waals surface area contributed by atoms with Gasteiger partial charge in [0, 0.05) is 0 Å². The Bertz CT molecular complexity index is 517. The Labute approximate surface area is 95.9 Å². The summed E-state index contributed by atoms with van der Waals surface area (Å²) in [6, 6.07) is 8.73. The minimum atomic E-state index is -0.632. The van der Waals surface area contributed by atoms with Gasteiger partial charge in [0.15, 0.2) is 5.82 Å². The molecule has 0 saturated heterocycles. The summed E-state index contributed by atoms with van der Waals surface area (Å²) in [5, 5.41) is 2.64. The van der Waals surface area contributed by atoms with Crippen molar-refractivity contribution in [2.24, 2.45) is 0 Å². The number of aromatic nitrogens is 1. The molecule has 16 heavy (non-hydrogen) atoms. The number of halogens is 3.